The molecule has 1 saturated carbocycles. The van der Waals surface area contributed by atoms with Crippen LogP contribution in [-0.4, -0.2) is 36.3 Å². The summed E-state index contributed by atoms with van der Waals surface area (Å²) in [5, 5.41) is 14.7. The number of amides is 2. The Morgan fingerprint density at radius 3 is 2.42 bits per heavy atom. The first-order valence-electron chi connectivity index (χ1n) is 9.27. The fraction of sp³-hybridized carbons (Fsp3) is 0.600. The molecular weight excluding hydrogens is 332 g/mol. The number of para-hydroxylation sites is 1. The van der Waals surface area contributed by atoms with E-state index in [-0.39, 0.29) is 23.4 Å². The number of carboxylic acids is 1. The highest BCUT2D eigenvalue weighted by molar-refractivity contribution is 5.74. The standard InChI is InChI=1S/C20H30N2O4/c1-20(2,3)16-6-4-5-7-17(16)26-13-12-21-19(25)22-15-10-8-14(9-11-15)18(23)24/h4-7,14-15H,8-13H2,1-3H3,(H,23,24)(H2,21,22,25). The SMILES string of the molecule is CC(C)(C)c1ccccc1OCCNC(=O)NC1CCC(C(=O)O)CC1. The van der Waals surface area contributed by atoms with E-state index in [1.807, 2.05) is 18.2 Å². The molecule has 1 fully saturated rings. The predicted octanol–water partition coefficient (Wildman–Crippen LogP) is 3.31. The highest BCUT2D eigenvalue weighted by Gasteiger charge is 2.26. The first kappa shape index (κ1) is 20.1. The van der Waals surface area contributed by atoms with E-state index in [0.717, 1.165) is 11.3 Å². The molecule has 144 valence electrons. The lowest BCUT2D eigenvalue weighted by molar-refractivity contribution is -0.142. The number of rotatable bonds is 6. The molecule has 0 aromatic heterocycles. The van der Waals surface area contributed by atoms with Crippen LogP contribution < -0.4 is 15.4 Å². The van der Waals surface area contributed by atoms with Crippen molar-refractivity contribution < 1.29 is 19.4 Å². The van der Waals surface area contributed by atoms with Gasteiger partial charge in [0.15, 0.2) is 0 Å². The lowest BCUT2D eigenvalue weighted by Gasteiger charge is -2.27. The number of carbonyl (C=O) groups is 2. The molecule has 1 aromatic carbocycles. The van der Waals surface area contributed by atoms with Crippen LogP contribution in [0.5, 0.6) is 5.75 Å². The van der Waals surface area contributed by atoms with Crippen LogP contribution in [0.15, 0.2) is 24.3 Å². The number of urea groups is 1. The van der Waals surface area contributed by atoms with Crippen molar-refractivity contribution in [1.82, 2.24) is 10.6 Å². The van der Waals surface area contributed by atoms with E-state index in [0.29, 0.717) is 38.8 Å². The average Bonchev–Trinajstić information content (AvgIpc) is 2.58. The summed E-state index contributed by atoms with van der Waals surface area (Å²) in [7, 11) is 0. The summed E-state index contributed by atoms with van der Waals surface area (Å²) in [6.07, 6.45) is 2.65. The Morgan fingerprint density at radius 1 is 1.15 bits per heavy atom. The van der Waals surface area contributed by atoms with Crippen LogP contribution in [0.1, 0.15) is 52.0 Å². The average molecular weight is 362 g/mol. The van der Waals surface area contributed by atoms with E-state index in [9.17, 15) is 9.59 Å². The number of nitrogens with one attached hydrogen (secondary N) is 2. The van der Waals surface area contributed by atoms with E-state index in [1.165, 1.54) is 0 Å². The molecule has 26 heavy (non-hydrogen) atoms. The maximum Gasteiger partial charge on any atom is 0.315 e. The highest BCUT2D eigenvalue weighted by atomic mass is 16.5. The van der Waals surface area contributed by atoms with Crippen molar-refractivity contribution in [3.63, 3.8) is 0 Å². The molecule has 0 radical (unpaired) electrons. The van der Waals surface area contributed by atoms with Gasteiger partial charge in [0.2, 0.25) is 0 Å². The third-order valence-corrected chi connectivity index (χ3v) is 4.75. The Balaban J connectivity index is 1.69. The number of carbonyl (C=O) groups excluding carboxylic acids is 1. The van der Waals surface area contributed by atoms with Gasteiger partial charge in [-0.2, -0.15) is 0 Å². The largest absolute Gasteiger partial charge is 0.491 e. The summed E-state index contributed by atoms with van der Waals surface area (Å²) in [5.74, 6) is -0.165. The van der Waals surface area contributed by atoms with E-state index in [4.69, 9.17) is 9.84 Å². The van der Waals surface area contributed by atoms with Crippen LogP contribution in [0.3, 0.4) is 0 Å². The van der Waals surface area contributed by atoms with Crippen LogP contribution in [-0.2, 0) is 10.2 Å². The first-order valence-corrected chi connectivity index (χ1v) is 9.27. The summed E-state index contributed by atoms with van der Waals surface area (Å²) >= 11 is 0. The van der Waals surface area contributed by atoms with Crippen LogP contribution in [0.4, 0.5) is 4.79 Å². The van der Waals surface area contributed by atoms with Crippen LogP contribution in [0, 0.1) is 5.92 Å². The number of ether oxygens (including phenoxy) is 1. The normalized spacial score (nSPS) is 20.3. The van der Waals surface area contributed by atoms with Gasteiger partial charge in [-0.15, -0.1) is 0 Å². The monoisotopic (exact) mass is 362 g/mol. The molecule has 0 aliphatic heterocycles. The molecule has 1 aliphatic rings. The Hall–Kier alpha value is -2.24. The van der Waals surface area contributed by atoms with Crippen molar-refractivity contribution in [1.29, 1.82) is 0 Å². The smallest absolute Gasteiger partial charge is 0.315 e. The molecule has 6 nitrogen and oxygen atoms in total. The van der Waals surface area contributed by atoms with Crippen molar-refractivity contribution in [2.24, 2.45) is 5.92 Å². The molecule has 3 N–H and O–H groups in total. The zero-order valence-electron chi connectivity index (χ0n) is 15.9. The molecule has 1 aromatic rings. The number of hydrogen-bond donors (Lipinski definition) is 3. The van der Waals surface area contributed by atoms with Crippen molar-refractivity contribution in [2.45, 2.75) is 57.9 Å². The van der Waals surface area contributed by atoms with Gasteiger partial charge in [-0.05, 0) is 42.7 Å². The summed E-state index contributed by atoms with van der Waals surface area (Å²) < 4.78 is 5.84. The second-order valence-electron chi connectivity index (χ2n) is 7.88. The Morgan fingerprint density at radius 2 is 1.81 bits per heavy atom. The van der Waals surface area contributed by atoms with E-state index >= 15 is 0 Å². The maximum atomic E-state index is 12.0. The van der Waals surface area contributed by atoms with Gasteiger partial charge in [-0.25, -0.2) is 4.79 Å². The number of carboxylic acid groups (broad SMARTS) is 1. The van der Waals surface area contributed by atoms with Gasteiger partial charge < -0.3 is 20.5 Å². The summed E-state index contributed by atoms with van der Waals surface area (Å²) in [4.78, 5) is 22.9. The summed E-state index contributed by atoms with van der Waals surface area (Å²) in [6.45, 7) is 7.22. The van der Waals surface area contributed by atoms with Gasteiger partial charge in [0.05, 0.1) is 12.5 Å². The minimum atomic E-state index is -0.736. The lowest BCUT2D eigenvalue weighted by atomic mass is 9.86. The molecule has 0 spiro atoms. The molecule has 2 rings (SSSR count). The molecule has 1 aliphatic carbocycles. The van der Waals surface area contributed by atoms with Crippen LogP contribution in [0.2, 0.25) is 0 Å². The molecule has 0 atom stereocenters. The maximum absolute atomic E-state index is 12.0. The lowest BCUT2D eigenvalue weighted by Crippen LogP contribution is -2.45. The number of hydrogen-bond acceptors (Lipinski definition) is 3. The highest BCUT2D eigenvalue weighted by Crippen LogP contribution is 2.30. The van der Waals surface area contributed by atoms with Gasteiger partial charge >= 0.3 is 12.0 Å². The summed E-state index contributed by atoms with van der Waals surface area (Å²) in [6, 6.07) is 7.77. The molecule has 0 saturated heterocycles. The zero-order valence-corrected chi connectivity index (χ0v) is 15.9. The van der Waals surface area contributed by atoms with Crippen molar-refractivity contribution >= 4 is 12.0 Å². The van der Waals surface area contributed by atoms with Crippen LogP contribution >= 0.6 is 0 Å². The van der Waals surface area contributed by atoms with Crippen molar-refractivity contribution in [3.8, 4) is 5.75 Å². The Bertz CT molecular complexity index is 616. The van der Waals surface area contributed by atoms with Gasteiger partial charge in [-0.1, -0.05) is 39.0 Å². The number of benzene rings is 1. The third kappa shape index (κ3) is 5.93. The van der Waals surface area contributed by atoms with E-state index < -0.39 is 5.97 Å². The second-order valence-corrected chi connectivity index (χ2v) is 7.88. The fourth-order valence-electron chi connectivity index (χ4n) is 3.26. The van der Waals surface area contributed by atoms with Gasteiger partial charge in [0.1, 0.15) is 12.4 Å². The molecule has 6 heteroatoms. The number of aliphatic carboxylic acids is 1. The molecule has 0 unspecified atom stereocenters. The van der Waals surface area contributed by atoms with Crippen LogP contribution in [0.25, 0.3) is 0 Å². The molecule has 0 heterocycles. The van der Waals surface area contributed by atoms with Crippen molar-refractivity contribution in [3.05, 3.63) is 29.8 Å². The minimum Gasteiger partial charge on any atom is -0.491 e. The van der Waals surface area contributed by atoms with Crippen molar-refractivity contribution in [2.75, 3.05) is 13.2 Å². The summed E-state index contributed by atoms with van der Waals surface area (Å²) in [5.41, 5.74) is 1.13. The Labute approximate surface area is 155 Å². The second kappa shape index (κ2) is 8.92. The van der Waals surface area contributed by atoms with Gasteiger partial charge in [0, 0.05) is 6.04 Å². The van der Waals surface area contributed by atoms with E-state index in [2.05, 4.69) is 37.5 Å². The third-order valence-electron chi connectivity index (χ3n) is 4.75. The van der Waals surface area contributed by atoms with E-state index in [1.54, 1.807) is 0 Å². The molecular formula is C20H30N2O4. The fourth-order valence-corrected chi connectivity index (χ4v) is 3.26. The quantitative estimate of drug-likeness (QED) is 0.678. The first-order chi connectivity index (χ1) is 12.3. The van der Waals surface area contributed by atoms with Gasteiger partial charge in [0.25, 0.3) is 0 Å². The predicted molar refractivity (Wildman–Crippen MR) is 101 cm³/mol. The van der Waals surface area contributed by atoms with Gasteiger partial charge in [-0.3, -0.25) is 4.79 Å². The topological polar surface area (TPSA) is 87.7 Å². The Kier molecular flexibility index (Phi) is 6.89. The molecule has 2 amide bonds. The minimum absolute atomic E-state index is 0.00378. The molecule has 0 bridgehead atoms. The zero-order chi connectivity index (χ0) is 19.2.